The normalized spacial score (nSPS) is 12.0. The highest BCUT2D eigenvalue weighted by Gasteiger charge is 2.14. The molecule has 0 aliphatic heterocycles. The van der Waals surface area contributed by atoms with Crippen molar-refractivity contribution in [2.24, 2.45) is 12.0 Å². The minimum absolute atomic E-state index is 0.214. The Hall–Kier alpha value is -2.83. The first kappa shape index (κ1) is 19.9. The fourth-order valence-electron chi connectivity index (χ4n) is 3.66. The van der Waals surface area contributed by atoms with Gasteiger partial charge in [0.15, 0.2) is 5.96 Å². The number of hydrogen-bond acceptors (Lipinski definition) is 2. The van der Waals surface area contributed by atoms with E-state index in [-0.39, 0.29) is 5.82 Å². The third-order valence-electron chi connectivity index (χ3n) is 5.10. The molecule has 0 fully saturated rings. The van der Waals surface area contributed by atoms with Crippen molar-refractivity contribution < 1.29 is 4.39 Å². The van der Waals surface area contributed by atoms with Crippen LogP contribution in [0.2, 0.25) is 0 Å². The molecule has 2 heterocycles. The zero-order chi connectivity index (χ0) is 20.1. The minimum Gasteiger partial charge on any atom is -0.361 e. The summed E-state index contributed by atoms with van der Waals surface area (Å²) < 4.78 is 15.5. The molecule has 0 radical (unpaired) electrons. The molecule has 0 amide bonds. The van der Waals surface area contributed by atoms with Gasteiger partial charge in [-0.3, -0.25) is 9.67 Å². The number of aryl methyl sites for hydroxylation is 2. The number of H-pyrrole nitrogens is 1. The van der Waals surface area contributed by atoms with Gasteiger partial charge in [0.2, 0.25) is 0 Å². The predicted octanol–water partition coefficient (Wildman–Crippen LogP) is 3.07. The zero-order valence-corrected chi connectivity index (χ0v) is 17.1. The molecule has 3 rings (SSSR count). The van der Waals surface area contributed by atoms with Gasteiger partial charge in [-0.25, -0.2) is 4.39 Å². The summed E-state index contributed by atoms with van der Waals surface area (Å²) in [5.74, 6) is 0.535. The lowest BCUT2D eigenvalue weighted by atomic mass is 10.1. The van der Waals surface area contributed by atoms with E-state index in [1.165, 1.54) is 17.3 Å². The smallest absolute Gasteiger partial charge is 0.191 e. The number of guanidine groups is 1. The second-order valence-corrected chi connectivity index (χ2v) is 6.81. The van der Waals surface area contributed by atoms with Crippen LogP contribution in [0.5, 0.6) is 0 Å². The summed E-state index contributed by atoms with van der Waals surface area (Å²) in [4.78, 5) is 7.51. The van der Waals surface area contributed by atoms with Gasteiger partial charge in [-0.15, -0.1) is 0 Å². The molecule has 0 aliphatic rings. The highest BCUT2D eigenvalue weighted by atomic mass is 19.1. The van der Waals surface area contributed by atoms with Crippen molar-refractivity contribution in [2.45, 2.75) is 39.7 Å². The molecule has 0 spiro atoms. The van der Waals surface area contributed by atoms with Crippen LogP contribution in [0, 0.1) is 5.82 Å². The molecule has 0 saturated carbocycles. The Bertz CT molecular complexity index is 969. The Balaban J connectivity index is 1.59. The molecule has 7 heteroatoms. The van der Waals surface area contributed by atoms with Gasteiger partial charge in [-0.1, -0.05) is 13.8 Å². The van der Waals surface area contributed by atoms with Crippen LogP contribution in [-0.4, -0.2) is 34.3 Å². The van der Waals surface area contributed by atoms with E-state index in [9.17, 15) is 4.39 Å². The summed E-state index contributed by atoms with van der Waals surface area (Å²) in [7, 11) is 3.76. The molecule has 2 aromatic heterocycles. The maximum Gasteiger partial charge on any atom is 0.191 e. The number of nitrogens with zero attached hydrogens (tertiary/aromatic N) is 3. The van der Waals surface area contributed by atoms with Crippen molar-refractivity contribution in [1.29, 1.82) is 0 Å². The summed E-state index contributed by atoms with van der Waals surface area (Å²) >= 11 is 0. The molecule has 1 aromatic carbocycles. The number of nitrogens with one attached hydrogen (secondary N) is 3. The number of rotatable bonds is 7. The van der Waals surface area contributed by atoms with Crippen LogP contribution in [0.4, 0.5) is 4.39 Å². The van der Waals surface area contributed by atoms with E-state index in [4.69, 9.17) is 0 Å². The van der Waals surface area contributed by atoms with E-state index < -0.39 is 0 Å². The van der Waals surface area contributed by atoms with Gasteiger partial charge in [0, 0.05) is 55.5 Å². The molecule has 28 heavy (non-hydrogen) atoms. The molecular formula is C21H29FN6. The number of halogens is 1. The lowest BCUT2D eigenvalue weighted by Gasteiger charge is -2.13. The Morgan fingerprint density at radius 1 is 1.25 bits per heavy atom. The number of aromatic amines is 1. The van der Waals surface area contributed by atoms with Crippen LogP contribution >= 0.6 is 0 Å². The third-order valence-corrected chi connectivity index (χ3v) is 5.10. The fourth-order valence-corrected chi connectivity index (χ4v) is 3.66. The minimum atomic E-state index is -0.214. The average Bonchev–Trinajstić information content (AvgIpc) is 3.24. The summed E-state index contributed by atoms with van der Waals surface area (Å²) in [6.45, 7) is 5.68. The average molecular weight is 385 g/mol. The Labute approximate surface area is 165 Å². The fraction of sp³-hybridized carbons (Fsp3) is 0.429. The van der Waals surface area contributed by atoms with Gasteiger partial charge >= 0.3 is 0 Å². The topological polar surface area (TPSA) is 70.0 Å². The van der Waals surface area contributed by atoms with Crippen molar-refractivity contribution in [1.82, 2.24) is 25.4 Å². The van der Waals surface area contributed by atoms with Gasteiger partial charge in [0.1, 0.15) is 5.82 Å². The highest BCUT2D eigenvalue weighted by molar-refractivity contribution is 5.83. The van der Waals surface area contributed by atoms with Gasteiger partial charge in [0.25, 0.3) is 0 Å². The maximum absolute atomic E-state index is 13.5. The standard InChI is InChI=1S/C21H29FN6/c1-5-18-17(20(6-2)28(4)27-18)13-26-21(23-3)24-10-9-14-12-25-19-8-7-15(22)11-16(14)19/h7-8,11-12,25H,5-6,9-10,13H2,1-4H3,(H2,23,24,26). The Morgan fingerprint density at radius 2 is 2.07 bits per heavy atom. The molecule has 0 aliphatic carbocycles. The summed E-state index contributed by atoms with van der Waals surface area (Å²) in [5, 5.41) is 12.3. The molecule has 0 atom stereocenters. The van der Waals surface area contributed by atoms with Crippen molar-refractivity contribution in [3.63, 3.8) is 0 Å². The number of aliphatic imine (C=N–C) groups is 1. The molecule has 0 bridgehead atoms. The summed E-state index contributed by atoms with van der Waals surface area (Å²) in [5.41, 5.74) is 5.67. The monoisotopic (exact) mass is 384 g/mol. The van der Waals surface area contributed by atoms with E-state index in [0.717, 1.165) is 47.4 Å². The van der Waals surface area contributed by atoms with Crippen molar-refractivity contribution >= 4 is 16.9 Å². The van der Waals surface area contributed by atoms with E-state index in [2.05, 4.69) is 39.6 Å². The van der Waals surface area contributed by atoms with Crippen molar-refractivity contribution in [3.8, 4) is 0 Å². The summed E-state index contributed by atoms with van der Waals surface area (Å²) in [6.07, 6.45) is 4.58. The van der Waals surface area contributed by atoms with E-state index in [1.54, 1.807) is 19.2 Å². The molecule has 3 aromatic rings. The first-order valence-corrected chi connectivity index (χ1v) is 9.81. The largest absolute Gasteiger partial charge is 0.361 e. The van der Waals surface area contributed by atoms with Crippen LogP contribution in [-0.2, 0) is 32.9 Å². The quantitative estimate of drug-likeness (QED) is 0.433. The lowest BCUT2D eigenvalue weighted by molar-refractivity contribution is 0.629. The van der Waals surface area contributed by atoms with E-state index in [0.29, 0.717) is 13.1 Å². The summed E-state index contributed by atoms with van der Waals surface area (Å²) in [6, 6.07) is 4.82. The Kier molecular flexibility index (Phi) is 6.34. The van der Waals surface area contributed by atoms with E-state index in [1.807, 2.05) is 17.9 Å². The molecule has 0 unspecified atom stereocenters. The predicted molar refractivity (Wildman–Crippen MR) is 112 cm³/mol. The maximum atomic E-state index is 13.5. The molecule has 0 saturated heterocycles. The van der Waals surface area contributed by atoms with Crippen LogP contribution in [0.15, 0.2) is 29.4 Å². The molecule has 3 N–H and O–H groups in total. The number of aromatic nitrogens is 3. The third kappa shape index (κ3) is 4.18. The second kappa shape index (κ2) is 8.91. The van der Waals surface area contributed by atoms with Gasteiger partial charge < -0.3 is 15.6 Å². The number of fused-ring (bicyclic) bond motifs is 1. The highest BCUT2D eigenvalue weighted by Crippen LogP contribution is 2.19. The van der Waals surface area contributed by atoms with Crippen LogP contribution in [0.3, 0.4) is 0 Å². The van der Waals surface area contributed by atoms with Crippen LogP contribution < -0.4 is 10.6 Å². The lowest BCUT2D eigenvalue weighted by Crippen LogP contribution is -2.38. The van der Waals surface area contributed by atoms with Crippen molar-refractivity contribution in [2.75, 3.05) is 13.6 Å². The first-order chi connectivity index (χ1) is 13.6. The SMILES string of the molecule is CCc1nn(C)c(CC)c1CNC(=NC)NCCc1c[nH]c2ccc(F)cc12. The second-order valence-electron chi connectivity index (χ2n) is 6.81. The number of hydrogen-bond donors (Lipinski definition) is 3. The van der Waals surface area contributed by atoms with Gasteiger partial charge in [-0.05, 0) is 43.0 Å². The van der Waals surface area contributed by atoms with Crippen molar-refractivity contribution in [3.05, 3.63) is 52.7 Å². The Morgan fingerprint density at radius 3 is 2.79 bits per heavy atom. The molecular weight excluding hydrogens is 355 g/mol. The van der Waals surface area contributed by atoms with E-state index >= 15 is 0 Å². The van der Waals surface area contributed by atoms with Crippen LogP contribution in [0.1, 0.15) is 36.4 Å². The molecule has 150 valence electrons. The van der Waals surface area contributed by atoms with Gasteiger partial charge in [-0.2, -0.15) is 5.10 Å². The van der Waals surface area contributed by atoms with Gasteiger partial charge in [0.05, 0.1) is 5.69 Å². The molecule has 6 nitrogen and oxygen atoms in total. The zero-order valence-electron chi connectivity index (χ0n) is 17.1. The van der Waals surface area contributed by atoms with Crippen LogP contribution in [0.25, 0.3) is 10.9 Å². The first-order valence-electron chi connectivity index (χ1n) is 9.81. The number of benzene rings is 1.